The van der Waals surface area contributed by atoms with Crippen LogP contribution in [0.3, 0.4) is 0 Å². The number of hydrogen-bond acceptors (Lipinski definition) is 15. The standard InChI is InChI=1S/C78H148O17P2/c1-8-9-10-11-12-13-14-15-16-20-26-31-38-45-52-59-75(80)88-65-73(94-77(82)61-54-47-39-32-27-21-18-17-19-24-29-35-42-49-56-69(2)3)67-92-96(84,85)90-63-72(79)64-91-97(86,87)93-68-74(66-89-76(81)60-53-46-41-34-37-44-51-58-71(6)7)95-78(83)62-55-48-40-33-28-23-22-25-30-36-43-50-57-70(4)5/h13-16,69-74,79H,8-12,17-68H2,1-7H3,(H,84,85)(H,86,87)/b14-13-,16-15-/t72?,73-,74-/m1/s1. The van der Waals surface area contributed by atoms with Crippen LogP contribution >= 0.6 is 15.6 Å². The predicted octanol–water partition coefficient (Wildman–Crippen LogP) is 22.5. The molecule has 3 unspecified atom stereocenters. The van der Waals surface area contributed by atoms with Crippen molar-refractivity contribution in [1.82, 2.24) is 0 Å². The molecule has 0 radical (unpaired) electrons. The fourth-order valence-corrected chi connectivity index (χ4v) is 13.0. The Kier molecular flexibility index (Phi) is 66.3. The van der Waals surface area contributed by atoms with Crippen LogP contribution in [-0.4, -0.2) is 96.7 Å². The summed E-state index contributed by atoms with van der Waals surface area (Å²) in [6.07, 6.45) is 57.7. The first kappa shape index (κ1) is 94.5. The molecule has 572 valence electrons. The third-order valence-corrected chi connectivity index (χ3v) is 19.4. The van der Waals surface area contributed by atoms with Crippen LogP contribution in [0.5, 0.6) is 0 Å². The average Bonchev–Trinajstić information content (AvgIpc) is 1.48. The van der Waals surface area contributed by atoms with Gasteiger partial charge in [0.2, 0.25) is 0 Å². The highest BCUT2D eigenvalue weighted by molar-refractivity contribution is 7.47. The number of phosphoric acid groups is 2. The molecule has 0 saturated carbocycles. The zero-order valence-corrected chi connectivity index (χ0v) is 64.8. The van der Waals surface area contributed by atoms with E-state index in [1.165, 1.54) is 161 Å². The minimum Gasteiger partial charge on any atom is -0.462 e. The van der Waals surface area contributed by atoms with Gasteiger partial charge < -0.3 is 33.8 Å². The molecule has 0 fully saturated rings. The Morgan fingerprint density at radius 2 is 0.557 bits per heavy atom. The summed E-state index contributed by atoms with van der Waals surface area (Å²) in [4.78, 5) is 72.9. The summed E-state index contributed by atoms with van der Waals surface area (Å²) in [5.41, 5.74) is 0. The average molecular weight is 1420 g/mol. The molecule has 97 heavy (non-hydrogen) atoms. The summed E-state index contributed by atoms with van der Waals surface area (Å²) in [7, 11) is -9.93. The van der Waals surface area contributed by atoms with Crippen LogP contribution in [0.2, 0.25) is 0 Å². The van der Waals surface area contributed by atoms with Gasteiger partial charge in [0.25, 0.3) is 0 Å². The number of aliphatic hydroxyl groups excluding tert-OH is 1. The van der Waals surface area contributed by atoms with Crippen molar-refractivity contribution in [3.63, 3.8) is 0 Å². The topological polar surface area (TPSA) is 237 Å². The minimum atomic E-state index is -4.97. The molecule has 19 heteroatoms. The van der Waals surface area contributed by atoms with Crippen LogP contribution in [0.15, 0.2) is 24.3 Å². The van der Waals surface area contributed by atoms with Gasteiger partial charge in [0.05, 0.1) is 26.4 Å². The summed E-state index contributed by atoms with van der Waals surface area (Å²) in [5, 5.41) is 10.6. The van der Waals surface area contributed by atoms with Gasteiger partial charge in [-0.25, -0.2) is 9.13 Å². The van der Waals surface area contributed by atoms with Crippen molar-refractivity contribution in [2.75, 3.05) is 39.6 Å². The van der Waals surface area contributed by atoms with Gasteiger partial charge in [0.15, 0.2) is 12.2 Å². The van der Waals surface area contributed by atoms with Crippen LogP contribution in [0.1, 0.15) is 376 Å². The van der Waals surface area contributed by atoms with Crippen LogP contribution < -0.4 is 0 Å². The largest absolute Gasteiger partial charge is 0.472 e. The van der Waals surface area contributed by atoms with Crippen molar-refractivity contribution >= 4 is 39.5 Å². The molecule has 0 bridgehead atoms. The number of allylic oxidation sites excluding steroid dienone is 4. The van der Waals surface area contributed by atoms with E-state index in [4.69, 9.17) is 37.0 Å². The number of phosphoric ester groups is 2. The van der Waals surface area contributed by atoms with Crippen molar-refractivity contribution in [2.45, 2.75) is 394 Å². The van der Waals surface area contributed by atoms with Gasteiger partial charge in [-0.3, -0.25) is 37.3 Å². The zero-order valence-electron chi connectivity index (χ0n) is 63.0. The van der Waals surface area contributed by atoms with Crippen molar-refractivity contribution < 1.29 is 80.2 Å². The Balaban J connectivity index is 5.29. The normalized spacial score (nSPS) is 14.2. The molecule has 3 N–H and O–H groups in total. The molecule has 0 spiro atoms. The lowest BCUT2D eigenvalue weighted by atomic mass is 10.0. The second-order valence-corrected chi connectivity index (χ2v) is 31.7. The molecule has 5 atom stereocenters. The summed E-state index contributed by atoms with van der Waals surface area (Å²) < 4.78 is 68.6. The quantitative estimate of drug-likeness (QED) is 0.0169. The van der Waals surface area contributed by atoms with Crippen molar-refractivity contribution in [1.29, 1.82) is 0 Å². The Morgan fingerprint density at radius 1 is 0.320 bits per heavy atom. The molecule has 0 aromatic rings. The molecule has 17 nitrogen and oxygen atoms in total. The van der Waals surface area contributed by atoms with Gasteiger partial charge in [0.1, 0.15) is 19.3 Å². The van der Waals surface area contributed by atoms with E-state index in [-0.39, 0.29) is 25.7 Å². The van der Waals surface area contributed by atoms with Crippen molar-refractivity contribution in [2.24, 2.45) is 17.8 Å². The van der Waals surface area contributed by atoms with Gasteiger partial charge in [-0.2, -0.15) is 0 Å². The fraction of sp³-hybridized carbons (Fsp3) is 0.897. The third-order valence-electron chi connectivity index (χ3n) is 17.5. The smallest absolute Gasteiger partial charge is 0.462 e. The maximum absolute atomic E-state index is 13.1. The molecule has 0 amide bonds. The van der Waals surface area contributed by atoms with Crippen LogP contribution in [-0.2, 0) is 65.4 Å². The van der Waals surface area contributed by atoms with E-state index in [1.54, 1.807) is 0 Å². The molecule has 0 rings (SSSR count). The third kappa shape index (κ3) is 71.7. The zero-order chi connectivity index (χ0) is 71.6. The SMILES string of the molecule is CCCCCC/C=C\C=C/CCCCCCCC(=O)OC[C@H](COP(=O)(O)OCC(O)COP(=O)(O)OC[C@@H](COC(=O)CCCCCCCCCC(C)C)OC(=O)CCCCCCCCCCCCCCC(C)C)OC(=O)CCCCCCCCCCCCCCCCC(C)C. The van der Waals surface area contributed by atoms with Crippen LogP contribution in [0, 0.1) is 17.8 Å². The number of esters is 4. The molecule has 0 aliphatic heterocycles. The molecule has 0 aliphatic rings. The van der Waals surface area contributed by atoms with Gasteiger partial charge in [-0.1, -0.05) is 323 Å². The highest BCUT2D eigenvalue weighted by atomic mass is 31.2. The van der Waals surface area contributed by atoms with Crippen LogP contribution in [0.4, 0.5) is 0 Å². The lowest BCUT2D eigenvalue weighted by Gasteiger charge is -2.21. The van der Waals surface area contributed by atoms with E-state index < -0.39 is 97.5 Å². The van der Waals surface area contributed by atoms with Gasteiger partial charge >= 0.3 is 39.5 Å². The number of ether oxygens (including phenoxy) is 4. The molecule has 0 saturated heterocycles. The number of rotatable bonds is 74. The Hall–Kier alpha value is -2.46. The maximum atomic E-state index is 13.1. The Morgan fingerprint density at radius 3 is 0.835 bits per heavy atom. The molecule has 0 heterocycles. The van der Waals surface area contributed by atoms with Gasteiger partial charge in [-0.05, 0) is 69.1 Å². The summed E-state index contributed by atoms with van der Waals surface area (Å²) in [5.74, 6) is 0.126. The minimum absolute atomic E-state index is 0.100. The first-order valence-corrected chi connectivity index (χ1v) is 42.7. The maximum Gasteiger partial charge on any atom is 0.472 e. The van der Waals surface area contributed by atoms with Crippen molar-refractivity contribution in [3.8, 4) is 0 Å². The highest BCUT2D eigenvalue weighted by Gasteiger charge is 2.30. The summed E-state index contributed by atoms with van der Waals surface area (Å²) >= 11 is 0. The van der Waals surface area contributed by atoms with Crippen LogP contribution in [0.25, 0.3) is 0 Å². The number of aliphatic hydroxyl groups is 1. The number of carbonyl (C=O) groups is 4. The second kappa shape index (κ2) is 68.0. The van der Waals surface area contributed by atoms with Gasteiger partial charge in [0, 0.05) is 25.7 Å². The highest BCUT2D eigenvalue weighted by Crippen LogP contribution is 2.45. The second-order valence-electron chi connectivity index (χ2n) is 28.8. The van der Waals surface area contributed by atoms with E-state index in [2.05, 4.69) is 72.8 Å². The van der Waals surface area contributed by atoms with E-state index in [1.807, 2.05) is 0 Å². The van der Waals surface area contributed by atoms with E-state index in [9.17, 15) is 43.2 Å². The number of hydrogen-bond donors (Lipinski definition) is 3. The van der Waals surface area contributed by atoms with E-state index in [0.29, 0.717) is 31.6 Å². The first-order valence-electron chi connectivity index (χ1n) is 39.7. The summed E-state index contributed by atoms with van der Waals surface area (Å²) in [6.45, 7) is 11.8. The van der Waals surface area contributed by atoms with E-state index >= 15 is 0 Å². The fourth-order valence-electron chi connectivity index (χ4n) is 11.4. The van der Waals surface area contributed by atoms with Gasteiger partial charge in [-0.15, -0.1) is 0 Å². The van der Waals surface area contributed by atoms with E-state index in [0.717, 1.165) is 127 Å². The monoisotopic (exact) mass is 1420 g/mol. The molecule has 0 aromatic carbocycles. The van der Waals surface area contributed by atoms with Crippen molar-refractivity contribution in [3.05, 3.63) is 24.3 Å². The Bertz CT molecular complexity index is 1980. The lowest BCUT2D eigenvalue weighted by Crippen LogP contribution is -2.30. The molecular weight excluding hydrogens is 1270 g/mol. The lowest BCUT2D eigenvalue weighted by molar-refractivity contribution is -0.161. The first-order chi connectivity index (χ1) is 46.7. The number of carbonyl (C=O) groups excluding carboxylic acids is 4. The summed E-state index contributed by atoms with van der Waals surface area (Å²) in [6, 6.07) is 0. The number of unbranched alkanes of at least 4 members (excludes halogenated alkanes) is 39. The molecule has 0 aliphatic carbocycles. The molecular formula is C78H148O17P2. The molecule has 0 aromatic heterocycles. The predicted molar refractivity (Wildman–Crippen MR) is 395 cm³/mol. The Labute approximate surface area is 592 Å².